The Kier molecular flexibility index (Phi) is 56.0. The summed E-state index contributed by atoms with van der Waals surface area (Å²) in [5, 5.41) is 109. The van der Waals surface area contributed by atoms with Crippen LogP contribution in [0.3, 0.4) is 0 Å². The summed E-state index contributed by atoms with van der Waals surface area (Å²) in [4.78, 5) is 112. The number of fused-ring (bicyclic) bond motifs is 1. The number of rotatable bonds is 75. The van der Waals surface area contributed by atoms with E-state index in [1.165, 1.54) is 51.8 Å². The van der Waals surface area contributed by atoms with Crippen LogP contribution in [0.15, 0.2) is 12.7 Å². The number of unbranched alkanes of at least 4 members (excludes halogenated alkanes) is 9. The summed E-state index contributed by atoms with van der Waals surface area (Å²) >= 11 is 0. The second-order valence-electron chi connectivity index (χ2n) is 33.0. The molecule has 0 aromatic carbocycles. The van der Waals surface area contributed by atoms with Crippen molar-refractivity contribution in [3.05, 3.63) is 18.3 Å². The third kappa shape index (κ3) is 44.9. The minimum absolute atomic E-state index is 0.0649. The monoisotopic (exact) mass is 2110 g/mol. The molecule has 4 saturated heterocycles. The molecule has 137 heavy (non-hydrogen) atoms. The zero-order valence-corrected chi connectivity index (χ0v) is 82.8. The second kappa shape index (κ2) is 62.7. The highest BCUT2D eigenvalue weighted by molar-refractivity contribution is 7.53. The molecule has 798 valence electrons. The Labute approximate surface area is 792 Å². The number of nitrogens with one attached hydrogen (secondary N) is 3. The number of aliphatic hydroxyl groups excluding tert-OH is 10. The smallest absolute Gasteiger partial charge is 0.396 e. The van der Waals surface area contributed by atoms with E-state index in [0.717, 1.165) is 0 Å². The van der Waals surface area contributed by atoms with Crippen LogP contribution >= 0.6 is 46.7 Å². The first-order chi connectivity index (χ1) is 64.9. The van der Waals surface area contributed by atoms with E-state index in [-0.39, 0.29) is 104 Å². The minimum Gasteiger partial charge on any atom is -0.396 e. The molecule has 13 unspecified atom stereocenters. The van der Waals surface area contributed by atoms with Gasteiger partial charge in [-0.05, 0) is 64.7 Å². The van der Waals surface area contributed by atoms with Gasteiger partial charge in [-0.25, -0.2) is 37.8 Å². The molecule has 0 aliphatic carbocycles. The Bertz CT molecular complexity index is 3860. The van der Waals surface area contributed by atoms with Gasteiger partial charge in [0.1, 0.15) is 103 Å². The Morgan fingerprint density at radius 3 is 1.15 bits per heavy atom. The molecule has 6 rings (SSSR count). The maximum absolute atomic E-state index is 13.8. The van der Waals surface area contributed by atoms with Crippen LogP contribution in [-0.4, -0.2) is 393 Å². The summed E-state index contributed by atoms with van der Waals surface area (Å²) in [6, 6.07) is -3.41. The molecule has 0 spiro atoms. The van der Waals surface area contributed by atoms with Crippen molar-refractivity contribution < 1.29 is 229 Å². The minimum atomic E-state index is -5.23. The largest absolute Gasteiger partial charge is 0.474 e. The number of aliphatic hydroxyl groups is 10. The van der Waals surface area contributed by atoms with Gasteiger partial charge in [0.15, 0.2) is 38.1 Å². The molecule has 0 bridgehead atoms. The first-order valence-electron chi connectivity index (χ1n) is 44.8. The molecule has 19 N–H and O–H groups in total. The summed E-state index contributed by atoms with van der Waals surface area (Å²) in [6.45, 7) is -2.43. The molecule has 6 heterocycles. The lowest BCUT2D eigenvalue weighted by molar-refractivity contribution is -0.270. The Morgan fingerprint density at radius 1 is 0.431 bits per heavy atom. The van der Waals surface area contributed by atoms with Crippen molar-refractivity contribution in [3.8, 4) is 0 Å². The number of carbonyl (C=O) groups is 3. The number of nitrogens with zero attached hydrogens (tertiary/aromatic N) is 4. The first-order valence-corrected chi connectivity index (χ1v) is 54.0. The van der Waals surface area contributed by atoms with Crippen molar-refractivity contribution in [2.24, 2.45) is 11.3 Å². The second-order valence-corrected chi connectivity index (χ2v) is 42.7. The predicted molar refractivity (Wildman–Crippen MR) is 468 cm³/mol. The van der Waals surface area contributed by atoms with Crippen LogP contribution in [0.2, 0.25) is 0 Å². The van der Waals surface area contributed by atoms with Crippen molar-refractivity contribution in [1.82, 2.24) is 35.5 Å². The number of carbonyl (C=O) groups excluding carboxylic acids is 3. The van der Waals surface area contributed by atoms with E-state index >= 15 is 0 Å². The summed E-state index contributed by atoms with van der Waals surface area (Å²) in [5.41, 5.74) is -1.14. The van der Waals surface area contributed by atoms with Crippen molar-refractivity contribution >= 4 is 75.6 Å². The zero-order chi connectivity index (χ0) is 101. The topological polar surface area (TPSA) is 769 Å². The standard InChI is InChI=1S/C76H141N7O48P6/c1-50(2)132(97,98)123-41-60-56(34-61(127-60)83-47-79-62-51(3)77-46-78-72(62)83)131-137(107,108)126-49-113-40-55(35-84)39-112-48-125-136(105,106)124-45-76(42-109-22-19-31-120-133(99,100)117-28-16-10-7-13-25-114-73-63(80-52(4)88)69(94)66(91)57(36-85)128-73,43-110-23-20-32-121-134(101,102)118-29-17-11-8-14-26-115-74-64(81-53(5)89)70(95)67(92)58(37-86)129-74)44-111-24-21-33-122-135(103,104)119-30-18-12-9-15-27-116-75-65(82-54(6)90)71(96)68(93)59(38-87)130-75/h46-47,50,55-61,63-71,73-75,84-87,91-96H,7-45,48-49H2,1-6H3,(H,80,88)(H,81,89)(H,82,90)(H,97,98)(H,99,100)(H,101,102)(H,103,104)(H,105,106)(H,107,108)/t55?,56-,57?,58?,59?,60+,61+,63-,64-,65-,66-,67-,68-,69?,70?,71?,73+,74+,75+,76?/m0/s1. The third-order valence-electron chi connectivity index (χ3n) is 21.2. The summed E-state index contributed by atoms with van der Waals surface area (Å²) in [5.74, 6) is -2.54. The van der Waals surface area contributed by atoms with E-state index in [4.69, 9.17) is 107 Å². The molecule has 0 saturated carbocycles. The van der Waals surface area contributed by atoms with E-state index in [1.54, 1.807) is 6.92 Å². The molecule has 2 aromatic rings. The highest BCUT2D eigenvalue weighted by atomic mass is 31.2. The Balaban J connectivity index is 1.05. The van der Waals surface area contributed by atoms with E-state index in [9.17, 15) is 122 Å². The highest BCUT2D eigenvalue weighted by Gasteiger charge is 2.50. The van der Waals surface area contributed by atoms with Crippen molar-refractivity contribution in [2.75, 3.05) is 166 Å². The quantitative estimate of drug-likeness (QED) is 0.0242. The van der Waals surface area contributed by atoms with Gasteiger partial charge in [0.25, 0.3) is 0 Å². The SMILES string of the molecule is CC(=O)N[C@H]1C(O)[C@@H](O)C(CO)O[C@H]1OCCCCCCOP(=O)(O)OCCCOCC(COCCCOP(=O)(O)OCCCCCCO[C@@H]1OC(CO)[C@H](O)C(O)[C@@H]1NC(C)=O)(COCCCOP(=O)(O)OCCCCCCO[C@@H]1OC(CO)[C@H](O)C(O)[C@@H]1NC(C)=O)COP(=O)(O)OCOCC(CO)COCOP(=O)(O)O[C@H]1C[C@H](n2cnc3c(C)ncnc32)O[C@@H]1COP(=O)(O)C(C)C. The number of amides is 3. The van der Waals surface area contributed by atoms with Crippen LogP contribution in [0.25, 0.3) is 11.2 Å². The normalized spacial score (nSPS) is 27.7. The molecular weight excluding hydrogens is 1960 g/mol. The van der Waals surface area contributed by atoms with Gasteiger partial charge in [0.05, 0.1) is 135 Å². The number of aryl methyl sites for hydroxylation is 1. The van der Waals surface area contributed by atoms with E-state index in [1.807, 2.05) is 0 Å². The number of hydrogen-bond acceptors (Lipinski definition) is 45. The van der Waals surface area contributed by atoms with Gasteiger partial charge in [-0.3, -0.25) is 68.8 Å². The van der Waals surface area contributed by atoms with Crippen molar-refractivity contribution in [3.63, 3.8) is 0 Å². The fraction of sp³-hybridized carbons (Fsp3) is 0.895. The van der Waals surface area contributed by atoms with Gasteiger partial charge in [-0.1, -0.05) is 52.4 Å². The van der Waals surface area contributed by atoms with E-state index < -0.39 is 298 Å². The van der Waals surface area contributed by atoms with Gasteiger partial charge in [-0.15, -0.1) is 0 Å². The molecule has 4 aliphatic rings. The molecule has 4 fully saturated rings. The average Bonchev–Trinajstić information content (AvgIpc) is 1.67. The van der Waals surface area contributed by atoms with Crippen LogP contribution in [0.5, 0.6) is 0 Å². The summed E-state index contributed by atoms with van der Waals surface area (Å²) in [7, 11) is -28.5. The van der Waals surface area contributed by atoms with Gasteiger partial charge < -0.3 is 158 Å². The number of phosphoric ester groups is 5. The fourth-order valence-corrected chi connectivity index (χ4v) is 18.4. The predicted octanol–water partition coefficient (Wildman–Crippen LogP) is 0.395. The van der Waals surface area contributed by atoms with E-state index in [2.05, 4.69) is 30.9 Å². The maximum Gasteiger partial charge on any atom is 0.474 e. The fourth-order valence-electron chi connectivity index (χ4n) is 13.8. The lowest BCUT2D eigenvalue weighted by Gasteiger charge is -2.42. The van der Waals surface area contributed by atoms with Crippen LogP contribution in [-0.2, 0) is 148 Å². The molecule has 25 atom stereocenters. The maximum atomic E-state index is 13.8. The van der Waals surface area contributed by atoms with Crippen molar-refractivity contribution in [2.45, 2.75) is 260 Å². The number of imidazole rings is 1. The van der Waals surface area contributed by atoms with Gasteiger partial charge in [0, 0.05) is 72.8 Å². The molecule has 55 nitrogen and oxygen atoms in total. The van der Waals surface area contributed by atoms with Gasteiger partial charge >= 0.3 is 46.7 Å². The molecule has 4 aliphatic heterocycles. The third-order valence-corrected chi connectivity index (χ3v) is 28.0. The molecule has 2 aromatic heterocycles. The molecule has 3 amide bonds. The Morgan fingerprint density at radius 2 is 0.788 bits per heavy atom. The van der Waals surface area contributed by atoms with Crippen LogP contribution in [0.4, 0.5) is 0 Å². The lowest BCUT2D eigenvalue weighted by Crippen LogP contribution is -2.64. The van der Waals surface area contributed by atoms with Crippen LogP contribution in [0, 0.1) is 18.3 Å². The number of aromatic nitrogens is 4. The summed E-state index contributed by atoms with van der Waals surface area (Å²) in [6.07, 6.45) is -12.2. The van der Waals surface area contributed by atoms with Gasteiger partial charge in [0.2, 0.25) is 17.7 Å². The highest BCUT2D eigenvalue weighted by Crippen LogP contribution is 2.53. The lowest BCUT2D eigenvalue weighted by atomic mass is 9.92. The molecule has 61 heteroatoms. The first kappa shape index (κ1) is 122. The number of hydrogen-bond donors (Lipinski definition) is 19. The van der Waals surface area contributed by atoms with Crippen LogP contribution in [0.1, 0.15) is 149 Å². The number of ether oxygens (including phenoxy) is 12. The molecular formula is C76H141N7O48P6. The van der Waals surface area contributed by atoms with E-state index in [0.29, 0.717) is 74.6 Å². The van der Waals surface area contributed by atoms with Crippen molar-refractivity contribution in [1.29, 1.82) is 0 Å². The van der Waals surface area contributed by atoms with Crippen LogP contribution < -0.4 is 16.0 Å². The zero-order valence-electron chi connectivity index (χ0n) is 77.4. The number of phosphoric acid groups is 5. The Hall–Kier alpha value is -3.22. The molecule has 0 radical (unpaired) electrons. The van der Waals surface area contributed by atoms with Gasteiger partial charge in [-0.2, -0.15) is 0 Å². The average molecular weight is 2110 g/mol. The summed E-state index contributed by atoms with van der Waals surface area (Å²) < 4.78 is 207.